The molecule has 84 heavy (non-hydrogen) atoms. The van der Waals surface area contributed by atoms with Gasteiger partial charge in [0.1, 0.15) is 73.2 Å². The van der Waals surface area contributed by atoms with Crippen molar-refractivity contribution in [1.82, 2.24) is 5.32 Å². The van der Waals surface area contributed by atoms with Crippen LogP contribution in [0, 0.1) is 0 Å². The van der Waals surface area contributed by atoms with Gasteiger partial charge in [-0.3, -0.25) is 4.79 Å². The van der Waals surface area contributed by atoms with Crippen molar-refractivity contribution < 1.29 is 89.4 Å². The highest BCUT2D eigenvalue weighted by Gasteiger charge is 2.53. The number of rotatable bonds is 52. The van der Waals surface area contributed by atoms with Crippen molar-refractivity contribution in [1.29, 1.82) is 0 Å². The van der Waals surface area contributed by atoms with E-state index in [0.717, 1.165) is 44.9 Å². The lowest BCUT2D eigenvalue weighted by Crippen LogP contribution is -2.66. The molecule has 0 aromatic rings. The number of amides is 1. The zero-order valence-corrected chi connectivity index (χ0v) is 52.2. The summed E-state index contributed by atoms with van der Waals surface area (Å²) < 4.78 is 34.3. The van der Waals surface area contributed by atoms with Crippen LogP contribution in [0.4, 0.5) is 0 Å². The van der Waals surface area contributed by atoms with Gasteiger partial charge in [-0.2, -0.15) is 0 Å². The van der Waals surface area contributed by atoms with Gasteiger partial charge in [0, 0.05) is 6.42 Å². The van der Waals surface area contributed by atoms with Crippen LogP contribution in [-0.4, -0.2) is 193 Å². The molecule has 3 saturated heterocycles. The Balaban J connectivity index is 1.45. The molecule has 0 aliphatic carbocycles. The molecule has 1 amide bonds. The SMILES string of the molecule is CCCCCCCCCCCCCCCCCCCCCCC/C=C/C(O)C(COC1OC(CO)C(OC2OC(CO)C(OC3OC(CO)C(O)C(O)C3O)C(O)C2O)C(O)C1O)NC(=O)CCCCCCCCCCCCCCCCCC. The van der Waals surface area contributed by atoms with E-state index in [1.54, 1.807) is 6.08 Å². The molecule has 0 aromatic carbocycles. The summed E-state index contributed by atoms with van der Waals surface area (Å²) in [6, 6.07) is -0.968. The molecule has 17 unspecified atom stereocenters. The zero-order valence-electron chi connectivity index (χ0n) is 52.2. The lowest BCUT2D eigenvalue weighted by molar-refractivity contribution is -0.379. The van der Waals surface area contributed by atoms with Crippen LogP contribution in [0.15, 0.2) is 12.2 Å². The highest BCUT2D eigenvalue weighted by molar-refractivity contribution is 5.76. The van der Waals surface area contributed by atoms with Crippen molar-refractivity contribution in [2.45, 2.75) is 369 Å². The minimum absolute atomic E-state index is 0.249. The first-order chi connectivity index (χ1) is 40.8. The van der Waals surface area contributed by atoms with Crippen LogP contribution < -0.4 is 5.32 Å². The van der Waals surface area contributed by atoms with Crippen LogP contribution in [0.3, 0.4) is 0 Å². The third kappa shape index (κ3) is 30.8. The highest BCUT2D eigenvalue weighted by Crippen LogP contribution is 2.33. The number of aliphatic hydroxyl groups is 11. The average Bonchev–Trinajstić information content (AvgIpc) is 3.65. The quantitative estimate of drug-likeness (QED) is 0.0202. The molecule has 3 aliphatic rings. The van der Waals surface area contributed by atoms with Gasteiger partial charge in [-0.1, -0.05) is 251 Å². The maximum Gasteiger partial charge on any atom is 0.220 e. The molecule has 0 bridgehead atoms. The van der Waals surface area contributed by atoms with E-state index in [1.807, 2.05) is 6.08 Å². The van der Waals surface area contributed by atoms with Gasteiger partial charge >= 0.3 is 0 Å². The van der Waals surface area contributed by atoms with Gasteiger partial charge < -0.3 is 89.9 Å². The summed E-state index contributed by atoms with van der Waals surface area (Å²) in [6.45, 7) is 1.76. The molecule has 19 nitrogen and oxygen atoms in total. The smallest absolute Gasteiger partial charge is 0.220 e. The molecule has 3 fully saturated rings. The van der Waals surface area contributed by atoms with Crippen molar-refractivity contribution in [3.8, 4) is 0 Å². The molecule has 17 atom stereocenters. The van der Waals surface area contributed by atoms with Gasteiger partial charge in [0.25, 0.3) is 0 Å². The Morgan fingerprint density at radius 2 is 0.738 bits per heavy atom. The molecule has 0 spiro atoms. The van der Waals surface area contributed by atoms with Crippen LogP contribution in [0.2, 0.25) is 0 Å². The van der Waals surface area contributed by atoms with Crippen molar-refractivity contribution in [3.05, 3.63) is 12.2 Å². The number of hydrogen-bond donors (Lipinski definition) is 12. The Bertz CT molecular complexity index is 1580. The predicted molar refractivity (Wildman–Crippen MR) is 323 cm³/mol. The van der Waals surface area contributed by atoms with Crippen molar-refractivity contribution >= 4 is 5.91 Å². The van der Waals surface area contributed by atoms with E-state index in [9.17, 15) is 61.0 Å². The van der Waals surface area contributed by atoms with E-state index < -0.39 is 124 Å². The fourth-order valence-corrected chi connectivity index (χ4v) is 11.8. The molecule has 0 saturated carbocycles. The summed E-state index contributed by atoms with van der Waals surface area (Å²) in [5.74, 6) is -0.271. The number of carbonyl (C=O) groups is 1. The highest BCUT2D eigenvalue weighted by atomic mass is 16.8. The molecule has 3 rings (SSSR count). The molecule has 3 aliphatic heterocycles. The van der Waals surface area contributed by atoms with E-state index in [4.69, 9.17) is 28.4 Å². The minimum Gasteiger partial charge on any atom is -0.394 e. The molecule has 3 heterocycles. The number of carbonyl (C=O) groups excluding carboxylic acids is 1. The van der Waals surface area contributed by atoms with E-state index in [-0.39, 0.29) is 18.9 Å². The maximum absolute atomic E-state index is 13.4. The minimum atomic E-state index is -1.98. The van der Waals surface area contributed by atoms with Gasteiger partial charge in [-0.05, 0) is 19.3 Å². The molecule has 496 valence electrons. The van der Waals surface area contributed by atoms with Gasteiger partial charge in [0.2, 0.25) is 5.91 Å². The van der Waals surface area contributed by atoms with E-state index in [0.29, 0.717) is 6.42 Å². The second-order valence-electron chi connectivity index (χ2n) is 24.7. The van der Waals surface area contributed by atoms with Crippen LogP contribution >= 0.6 is 0 Å². The number of ether oxygens (including phenoxy) is 6. The largest absolute Gasteiger partial charge is 0.394 e. The Kier molecular flexibility index (Phi) is 44.2. The fourth-order valence-electron chi connectivity index (χ4n) is 11.8. The van der Waals surface area contributed by atoms with Gasteiger partial charge in [0.15, 0.2) is 18.9 Å². The summed E-state index contributed by atoms with van der Waals surface area (Å²) in [6.07, 6.45) is 24.7. The van der Waals surface area contributed by atoms with Gasteiger partial charge in [-0.15, -0.1) is 0 Å². The zero-order chi connectivity index (χ0) is 61.2. The second kappa shape index (κ2) is 48.4. The third-order valence-electron chi connectivity index (χ3n) is 17.3. The lowest BCUT2D eigenvalue weighted by atomic mass is 9.96. The Morgan fingerprint density at radius 3 is 1.12 bits per heavy atom. The van der Waals surface area contributed by atoms with E-state index >= 15 is 0 Å². The molecular formula is C65H123NO18. The molecule has 12 N–H and O–H groups in total. The fraction of sp³-hybridized carbons (Fsp3) is 0.954. The second-order valence-corrected chi connectivity index (χ2v) is 24.7. The number of aliphatic hydroxyl groups excluding tert-OH is 11. The molecule has 19 heteroatoms. The summed E-state index contributed by atoms with van der Waals surface area (Å²) in [5, 5.41) is 120. The summed E-state index contributed by atoms with van der Waals surface area (Å²) in [5.41, 5.74) is 0. The predicted octanol–water partition coefficient (Wildman–Crippen LogP) is 8.11. The van der Waals surface area contributed by atoms with Crippen molar-refractivity contribution in [2.75, 3.05) is 26.4 Å². The molecular weight excluding hydrogens is 1080 g/mol. The normalized spacial score (nSPS) is 29.2. The number of allylic oxidation sites excluding steroid dienone is 1. The van der Waals surface area contributed by atoms with Crippen molar-refractivity contribution in [2.24, 2.45) is 0 Å². The third-order valence-corrected chi connectivity index (χ3v) is 17.3. The first-order valence-corrected chi connectivity index (χ1v) is 33.9. The van der Waals surface area contributed by atoms with E-state index in [1.165, 1.54) is 193 Å². The van der Waals surface area contributed by atoms with Crippen LogP contribution in [-0.2, 0) is 33.2 Å². The van der Waals surface area contributed by atoms with Crippen LogP contribution in [0.5, 0.6) is 0 Å². The van der Waals surface area contributed by atoms with Crippen LogP contribution in [0.25, 0.3) is 0 Å². The Hall–Kier alpha value is -1.47. The summed E-state index contributed by atoms with van der Waals surface area (Å²) >= 11 is 0. The maximum atomic E-state index is 13.4. The summed E-state index contributed by atoms with van der Waals surface area (Å²) in [7, 11) is 0. The van der Waals surface area contributed by atoms with E-state index in [2.05, 4.69) is 19.2 Å². The first kappa shape index (κ1) is 76.8. The van der Waals surface area contributed by atoms with Crippen molar-refractivity contribution in [3.63, 3.8) is 0 Å². The Labute approximate surface area is 506 Å². The number of hydrogen-bond acceptors (Lipinski definition) is 18. The van der Waals surface area contributed by atoms with Gasteiger partial charge in [-0.25, -0.2) is 0 Å². The monoisotopic (exact) mass is 1210 g/mol. The summed E-state index contributed by atoms with van der Waals surface area (Å²) in [4.78, 5) is 13.4. The lowest BCUT2D eigenvalue weighted by Gasteiger charge is -2.48. The Morgan fingerprint density at radius 1 is 0.417 bits per heavy atom. The molecule has 0 radical (unpaired) electrons. The topological polar surface area (TPSA) is 307 Å². The number of nitrogens with one attached hydrogen (secondary N) is 1. The standard InChI is InChI=1S/C65H123NO18/c1-3-5-7-9-11-13-15-17-19-21-22-23-24-25-26-27-28-30-32-34-36-38-40-42-49(70)48(66-53(71)43-41-39-37-35-33-31-29-20-18-16-14-12-10-8-6-4-2)47-79-63-59(77)56(74)61(51(45-68)81-63)84-65-60(78)57(75)62(52(46-69)82-65)83-64-58(76)55(73)54(72)50(44-67)80-64/h40,42,48-52,54-65,67-70,72-78H,3-39,41,43-47H2,1-2H3,(H,66,71)/b42-40+. The average molecular weight is 1210 g/mol. The first-order valence-electron chi connectivity index (χ1n) is 33.9. The van der Waals surface area contributed by atoms with Gasteiger partial charge in [0.05, 0.1) is 38.6 Å². The van der Waals surface area contributed by atoms with Crippen LogP contribution in [0.1, 0.15) is 264 Å². The molecule has 0 aromatic heterocycles. The number of unbranched alkanes of at least 4 members (excludes halogenated alkanes) is 36.